The van der Waals surface area contributed by atoms with Gasteiger partial charge in [-0.25, -0.2) is 0 Å². The number of anilines is 1. The lowest BCUT2D eigenvalue weighted by molar-refractivity contribution is -0.118. The first-order valence-electron chi connectivity index (χ1n) is 10.9. The highest BCUT2D eigenvalue weighted by Gasteiger charge is 2.34. The van der Waals surface area contributed by atoms with Crippen molar-refractivity contribution in [2.24, 2.45) is 0 Å². The molecule has 0 unspecified atom stereocenters. The Morgan fingerprint density at radius 2 is 1.83 bits per heavy atom. The van der Waals surface area contributed by atoms with E-state index in [-0.39, 0.29) is 23.7 Å². The summed E-state index contributed by atoms with van der Waals surface area (Å²) in [5.74, 6) is 0.275. The van der Waals surface area contributed by atoms with Crippen molar-refractivity contribution in [1.82, 2.24) is 10.3 Å². The van der Waals surface area contributed by atoms with Crippen molar-refractivity contribution in [3.8, 4) is 0 Å². The monoisotopic (exact) mass is 423 g/mol. The zero-order valence-electron chi connectivity index (χ0n) is 17.3. The van der Waals surface area contributed by atoms with Gasteiger partial charge in [-0.3, -0.25) is 4.79 Å². The summed E-state index contributed by atoms with van der Waals surface area (Å²) in [7, 11) is 0. The number of amides is 1. The molecule has 0 spiro atoms. The maximum absolute atomic E-state index is 12.6. The normalized spacial score (nSPS) is 18.1. The number of aromatic amines is 1. The Labute approximate surface area is 184 Å². The highest BCUT2D eigenvalue weighted by molar-refractivity contribution is 5.96. The zero-order valence-corrected chi connectivity index (χ0v) is 18.1. The van der Waals surface area contributed by atoms with Crippen LogP contribution in [-0.2, 0) is 16.6 Å². The number of rotatable bonds is 5. The number of carbonyl (C=O) groups excluding carboxylic acids is 1. The third-order valence-corrected chi connectivity index (χ3v) is 6.96. The van der Waals surface area contributed by atoms with Gasteiger partial charge in [-0.1, -0.05) is 24.3 Å². The number of carbonyl (C=O) groups is 1. The van der Waals surface area contributed by atoms with Gasteiger partial charge in [0, 0.05) is 30.4 Å². The number of H-pyrrole nitrogens is 1. The number of nitrogens with zero attached hydrogens (tertiary/aromatic N) is 1. The summed E-state index contributed by atoms with van der Waals surface area (Å²) in [6.07, 6.45) is 8.00. The first kappa shape index (κ1) is 21.0. The highest BCUT2D eigenvalue weighted by atomic mass is 35.5. The molecule has 3 heterocycles. The van der Waals surface area contributed by atoms with Gasteiger partial charge in [0.05, 0.1) is 0 Å². The van der Waals surface area contributed by atoms with Gasteiger partial charge in [0.1, 0.15) is 0 Å². The van der Waals surface area contributed by atoms with E-state index >= 15 is 0 Å². The fraction of sp³-hybridized carbons (Fsp3) is 0.400. The standard InChI is InChI=1S/C25H29N3O.ClH/c29-24-9-6-19-4-1-2-5-23(19)28(24)17-3-11-25(12-15-26-16-13-25)21-7-8-22-20(18-21)10-14-27-22;/h1-2,4-5,7-8,10,14,18,26-27H,3,6,9,11-13,15-17H2;1H. The first-order chi connectivity index (χ1) is 14.3. The lowest BCUT2D eigenvalue weighted by Gasteiger charge is -2.39. The van der Waals surface area contributed by atoms with Crippen molar-refractivity contribution in [1.29, 1.82) is 0 Å². The summed E-state index contributed by atoms with van der Waals surface area (Å²) in [5.41, 5.74) is 5.29. The van der Waals surface area contributed by atoms with Gasteiger partial charge >= 0.3 is 0 Å². The van der Waals surface area contributed by atoms with Crippen LogP contribution in [0.15, 0.2) is 54.7 Å². The van der Waals surface area contributed by atoms with Gasteiger partial charge in [0.2, 0.25) is 5.91 Å². The average Bonchev–Trinajstić information content (AvgIpc) is 3.24. The van der Waals surface area contributed by atoms with Crippen LogP contribution in [0.1, 0.15) is 43.2 Å². The number of halogens is 1. The molecule has 0 atom stereocenters. The topological polar surface area (TPSA) is 48.1 Å². The Bertz CT molecular complexity index is 1020. The lowest BCUT2D eigenvalue weighted by atomic mass is 9.70. The molecule has 1 fully saturated rings. The predicted molar refractivity (Wildman–Crippen MR) is 126 cm³/mol. The maximum atomic E-state index is 12.6. The minimum atomic E-state index is 0. The number of aryl methyl sites for hydroxylation is 1. The molecule has 30 heavy (non-hydrogen) atoms. The quantitative estimate of drug-likeness (QED) is 0.608. The SMILES string of the molecule is Cl.O=C1CCc2ccccc2N1CCCC1(c2ccc3[nH]ccc3c2)CCNCC1. The van der Waals surface area contributed by atoms with Crippen LogP contribution in [0.4, 0.5) is 5.69 Å². The van der Waals surface area contributed by atoms with Gasteiger partial charge in [0.15, 0.2) is 0 Å². The third kappa shape index (κ3) is 3.86. The van der Waals surface area contributed by atoms with Gasteiger partial charge in [0.25, 0.3) is 0 Å². The fourth-order valence-electron chi connectivity index (χ4n) is 5.29. The maximum Gasteiger partial charge on any atom is 0.227 e. The number of para-hydroxylation sites is 1. The van der Waals surface area contributed by atoms with Crippen molar-refractivity contribution in [2.75, 3.05) is 24.5 Å². The zero-order chi connectivity index (χ0) is 19.7. The smallest absolute Gasteiger partial charge is 0.227 e. The molecule has 4 nitrogen and oxygen atoms in total. The molecule has 0 radical (unpaired) electrons. The number of hydrogen-bond acceptors (Lipinski definition) is 2. The second kappa shape index (κ2) is 8.83. The molecular formula is C25H30ClN3O. The van der Waals surface area contributed by atoms with Crippen LogP contribution in [0.3, 0.4) is 0 Å². The van der Waals surface area contributed by atoms with E-state index in [0.29, 0.717) is 6.42 Å². The van der Waals surface area contributed by atoms with Crippen molar-refractivity contribution in [2.45, 2.75) is 43.9 Å². The Balaban J connectivity index is 0.00000218. The van der Waals surface area contributed by atoms with Crippen LogP contribution in [0, 0.1) is 0 Å². The molecule has 1 amide bonds. The number of hydrogen-bond donors (Lipinski definition) is 2. The molecule has 1 saturated heterocycles. The first-order valence-corrected chi connectivity index (χ1v) is 10.9. The van der Waals surface area contributed by atoms with Crippen LogP contribution in [0.2, 0.25) is 0 Å². The van der Waals surface area contributed by atoms with E-state index < -0.39 is 0 Å². The molecule has 0 bridgehead atoms. The summed E-state index contributed by atoms with van der Waals surface area (Å²) >= 11 is 0. The minimum Gasteiger partial charge on any atom is -0.361 e. The average molecular weight is 424 g/mol. The molecule has 2 aliphatic rings. The van der Waals surface area contributed by atoms with Gasteiger partial charge in [-0.05, 0) is 91.4 Å². The molecule has 0 saturated carbocycles. The van der Waals surface area contributed by atoms with E-state index in [2.05, 4.69) is 52.8 Å². The van der Waals surface area contributed by atoms with Crippen molar-refractivity contribution in [3.63, 3.8) is 0 Å². The van der Waals surface area contributed by atoms with Crippen molar-refractivity contribution < 1.29 is 4.79 Å². The summed E-state index contributed by atoms with van der Waals surface area (Å²) in [4.78, 5) is 18.0. The van der Waals surface area contributed by atoms with E-state index in [1.807, 2.05) is 17.2 Å². The van der Waals surface area contributed by atoms with E-state index in [9.17, 15) is 4.79 Å². The fourth-order valence-corrected chi connectivity index (χ4v) is 5.29. The molecule has 5 heteroatoms. The van der Waals surface area contributed by atoms with Crippen LogP contribution >= 0.6 is 12.4 Å². The molecule has 1 aromatic heterocycles. The summed E-state index contributed by atoms with van der Waals surface area (Å²) < 4.78 is 0. The van der Waals surface area contributed by atoms with Crippen LogP contribution in [0.25, 0.3) is 10.9 Å². The molecule has 2 aliphatic heterocycles. The van der Waals surface area contributed by atoms with E-state index in [1.165, 1.54) is 22.0 Å². The van der Waals surface area contributed by atoms with Gasteiger partial charge in [-0.15, -0.1) is 12.4 Å². The number of nitrogens with one attached hydrogen (secondary N) is 2. The number of benzene rings is 2. The Hall–Kier alpha value is -2.30. The molecule has 158 valence electrons. The second-order valence-corrected chi connectivity index (χ2v) is 8.59. The molecule has 5 rings (SSSR count). The Kier molecular flexibility index (Phi) is 6.16. The largest absolute Gasteiger partial charge is 0.361 e. The summed E-state index contributed by atoms with van der Waals surface area (Å²) in [6, 6.07) is 17.5. The van der Waals surface area contributed by atoms with E-state index in [4.69, 9.17) is 0 Å². The van der Waals surface area contributed by atoms with Gasteiger partial charge in [-0.2, -0.15) is 0 Å². The Morgan fingerprint density at radius 3 is 2.70 bits per heavy atom. The van der Waals surface area contributed by atoms with E-state index in [0.717, 1.165) is 57.4 Å². The van der Waals surface area contributed by atoms with Crippen molar-refractivity contribution >= 4 is 34.9 Å². The number of piperidine rings is 1. The second-order valence-electron chi connectivity index (χ2n) is 8.59. The molecule has 0 aliphatic carbocycles. The summed E-state index contributed by atoms with van der Waals surface area (Å²) in [5, 5.41) is 4.82. The van der Waals surface area contributed by atoms with Gasteiger partial charge < -0.3 is 15.2 Å². The lowest BCUT2D eigenvalue weighted by Crippen LogP contribution is -2.41. The van der Waals surface area contributed by atoms with Crippen LogP contribution in [-0.4, -0.2) is 30.5 Å². The molecule has 2 aromatic carbocycles. The van der Waals surface area contributed by atoms with Crippen LogP contribution in [0.5, 0.6) is 0 Å². The van der Waals surface area contributed by atoms with Crippen LogP contribution < -0.4 is 10.2 Å². The number of fused-ring (bicyclic) bond motifs is 2. The third-order valence-electron chi connectivity index (χ3n) is 6.96. The molecular weight excluding hydrogens is 394 g/mol. The van der Waals surface area contributed by atoms with Crippen molar-refractivity contribution in [3.05, 3.63) is 65.9 Å². The highest BCUT2D eigenvalue weighted by Crippen LogP contribution is 2.39. The number of aromatic nitrogens is 1. The summed E-state index contributed by atoms with van der Waals surface area (Å²) in [6.45, 7) is 2.95. The van der Waals surface area contributed by atoms with E-state index in [1.54, 1.807) is 0 Å². The molecule has 2 N–H and O–H groups in total. The Morgan fingerprint density at radius 1 is 1.00 bits per heavy atom. The predicted octanol–water partition coefficient (Wildman–Crippen LogP) is 4.97. The minimum absolute atomic E-state index is 0. The molecule has 3 aromatic rings.